The van der Waals surface area contributed by atoms with Crippen LogP contribution < -0.4 is 5.32 Å². The number of benzene rings is 1. The second-order valence-corrected chi connectivity index (χ2v) is 7.14. The largest absolute Gasteiger partial charge is 0.356 e. The first-order valence-corrected chi connectivity index (χ1v) is 9.69. The average molecular weight is 364 g/mol. The Balaban J connectivity index is 1.78. The smallest absolute Gasteiger partial charge is 0.224 e. The van der Waals surface area contributed by atoms with Gasteiger partial charge in [-0.1, -0.05) is 37.7 Å². The Morgan fingerprint density at radius 3 is 2.64 bits per heavy atom. The molecule has 25 heavy (non-hydrogen) atoms. The predicted molar refractivity (Wildman–Crippen MR) is 98.1 cm³/mol. The molecule has 1 aromatic carbocycles. The molecule has 0 bridgehead atoms. The summed E-state index contributed by atoms with van der Waals surface area (Å²) in [5.74, 6) is 1.14. The summed E-state index contributed by atoms with van der Waals surface area (Å²) in [6.45, 7) is 5.83. The Hall–Kier alpha value is -1.89. The fourth-order valence-corrected chi connectivity index (χ4v) is 3.05. The van der Waals surface area contributed by atoms with Crippen LogP contribution in [0.3, 0.4) is 0 Å². The number of amides is 1. The predicted octanol–water partition coefficient (Wildman–Crippen LogP) is 3.09. The molecular formula is C18H25FN4OS. The molecule has 0 radical (unpaired) electrons. The summed E-state index contributed by atoms with van der Waals surface area (Å²) >= 11 is 1.60. The maximum Gasteiger partial charge on any atom is 0.224 e. The van der Waals surface area contributed by atoms with Crippen LogP contribution >= 0.6 is 11.8 Å². The van der Waals surface area contributed by atoms with E-state index in [1.54, 1.807) is 23.9 Å². The normalized spacial score (nSPS) is 11.1. The molecule has 0 fully saturated rings. The molecule has 0 atom stereocenters. The summed E-state index contributed by atoms with van der Waals surface area (Å²) in [6, 6.07) is 6.00. The van der Waals surface area contributed by atoms with E-state index in [2.05, 4.69) is 33.9 Å². The van der Waals surface area contributed by atoms with Gasteiger partial charge in [0.15, 0.2) is 5.16 Å². The van der Waals surface area contributed by atoms with Crippen LogP contribution in [0, 0.1) is 11.7 Å². The van der Waals surface area contributed by atoms with Crippen molar-refractivity contribution >= 4 is 17.7 Å². The molecule has 1 aromatic heterocycles. The Bertz CT molecular complexity index is 685. The van der Waals surface area contributed by atoms with Crippen LogP contribution in [-0.2, 0) is 24.2 Å². The van der Waals surface area contributed by atoms with E-state index in [-0.39, 0.29) is 18.1 Å². The lowest BCUT2D eigenvalue weighted by Crippen LogP contribution is -2.26. The number of nitrogens with zero attached hydrogens (tertiary/aromatic N) is 3. The number of carbonyl (C=O) groups is 1. The number of aryl methyl sites for hydroxylation is 1. The van der Waals surface area contributed by atoms with Crippen LogP contribution in [0.15, 0.2) is 29.4 Å². The second-order valence-electron chi connectivity index (χ2n) is 6.36. The molecule has 2 aromatic rings. The van der Waals surface area contributed by atoms with Crippen molar-refractivity contribution in [3.05, 3.63) is 41.5 Å². The highest BCUT2D eigenvalue weighted by Gasteiger charge is 2.12. The van der Waals surface area contributed by atoms with Crippen LogP contribution in [-0.4, -0.2) is 33.5 Å². The SMILES string of the molecule is CSc1nnc(CCCNC(=O)Cc2ccc(F)cc2)n1CC(C)C. The standard InChI is InChI=1S/C18H25FN4OS/c1-13(2)12-23-16(21-22-18(23)25-3)5-4-10-20-17(24)11-14-6-8-15(19)9-7-14/h6-9,13H,4-5,10-12H2,1-3H3,(H,20,24). The van der Waals surface area contributed by atoms with Crippen molar-refractivity contribution in [1.29, 1.82) is 0 Å². The first kappa shape index (κ1) is 19.4. The molecule has 0 saturated heterocycles. The van der Waals surface area contributed by atoms with Gasteiger partial charge in [-0.25, -0.2) is 4.39 Å². The van der Waals surface area contributed by atoms with Gasteiger partial charge in [0.25, 0.3) is 0 Å². The molecule has 0 aliphatic carbocycles. The number of hydrogen-bond donors (Lipinski definition) is 1. The Kier molecular flexibility index (Phi) is 7.43. The highest BCUT2D eigenvalue weighted by Crippen LogP contribution is 2.16. The van der Waals surface area contributed by atoms with E-state index in [1.165, 1.54) is 12.1 Å². The van der Waals surface area contributed by atoms with Crippen LogP contribution in [0.1, 0.15) is 31.7 Å². The van der Waals surface area contributed by atoms with E-state index in [0.29, 0.717) is 12.5 Å². The van der Waals surface area contributed by atoms with Crippen LogP contribution in [0.4, 0.5) is 4.39 Å². The second kappa shape index (κ2) is 9.56. The van der Waals surface area contributed by atoms with Crippen molar-refractivity contribution < 1.29 is 9.18 Å². The van der Waals surface area contributed by atoms with E-state index in [4.69, 9.17) is 0 Å². The van der Waals surface area contributed by atoms with Crippen molar-refractivity contribution in [2.75, 3.05) is 12.8 Å². The van der Waals surface area contributed by atoms with Gasteiger partial charge in [0.1, 0.15) is 11.6 Å². The fourth-order valence-electron chi connectivity index (χ4n) is 2.53. The summed E-state index contributed by atoms with van der Waals surface area (Å²) in [6.07, 6.45) is 3.84. The molecule has 5 nitrogen and oxygen atoms in total. The number of halogens is 1. The lowest BCUT2D eigenvalue weighted by atomic mass is 10.1. The van der Waals surface area contributed by atoms with Crippen LogP contribution in [0.2, 0.25) is 0 Å². The molecular weight excluding hydrogens is 339 g/mol. The summed E-state index contributed by atoms with van der Waals surface area (Å²) in [7, 11) is 0. The maximum absolute atomic E-state index is 12.9. The molecule has 0 spiro atoms. The van der Waals surface area contributed by atoms with Gasteiger partial charge in [-0.15, -0.1) is 10.2 Å². The van der Waals surface area contributed by atoms with Gasteiger partial charge in [0.05, 0.1) is 6.42 Å². The van der Waals surface area contributed by atoms with Gasteiger partial charge in [-0.05, 0) is 36.3 Å². The van der Waals surface area contributed by atoms with Gasteiger partial charge in [-0.2, -0.15) is 0 Å². The molecule has 0 aliphatic heterocycles. The van der Waals surface area contributed by atoms with Crippen molar-refractivity contribution in [3.8, 4) is 0 Å². The zero-order valence-corrected chi connectivity index (χ0v) is 15.8. The fraction of sp³-hybridized carbons (Fsp3) is 0.500. The summed E-state index contributed by atoms with van der Waals surface area (Å²) in [5, 5.41) is 12.3. The molecule has 0 unspecified atom stereocenters. The van der Waals surface area contributed by atoms with Crippen molar-refractivity contribution in [2.45, 2.75) is 44.8 Å². The van der Waals surface area contributed by atoms with Crippen molar-refractivity contribution in [2.24, 2.45) is 5.92 Å². The van der Waals surface area contributed by atoms with E-state index in [0.717, 1.165) is 35.9 Å². The molecule has 1 amide bonds. The quantitative estimate of drug-likeness (QED) is 0.549. The van der Waals surface area contributed by atoms with E-state index < -0.39 is 0 Å². The number of carbonyl (C=O) groups excluding carboxylic acids is 1. The van der Waals surface area contributed by atoms with Gasteiger partial charge in [-0.3, -0.25) is 4.79 Å². The number of nitrogens with one attached hydrogen (secondary N) is 1. The third-order valence-corrected chi connectivity index (χ3v) is 4.37. The summed E-state index contributed by atoms with van der Waals surface area (Å²) in [5.41, 5.74) is 0.806. The summed E-state index contributed by atoms with van der Waals surface area (Å²) < 4.78 is 15.0. The Morgan fingerprint density at radius 2 is 2.00 bits per heavy atom. The monoisotopic (exact) mass is 364 g/mol. The topological polar surface area (TPSA) is 59.8 Å². The minimum absolute atomic E-state index is 0.0555. The third-order valence-electron chi connectivity index (χ3n) is 3.70. The molecule has 0 aliphatic rings. The molecule has 1 heterocycles. The minimum atomic E-state index is -0.292. The molecule has 2 rings (SSSR count). The number of aromatic nitrogens is 3. The van der Waals surface area contributed by atoms with Gasteiger partial charge in [0, 0.05) is 19.5 Å². The molecule has 0 saturated carbocycles. The summed E-state index contributed by atoms with van der Waals surface area (Å²) in [4.78, 5) is 11.9. The Labute approximate surface area is 152 Å². The van der Waals surface area contributed by atoms with Crippen LogP contribution in [0.25, 0.3) is 0 Å². The Morgan fingerprint density at radius 1 is 1.28 bits per heavy atom. The zero-order valence-electron chi connectivity index (χ0n) is 15.0. The minimum Gasteiger partial charge on any atom is -0.356 e. The molecule has 1 N–H and O–H groups in total. The average Bonchev–Trinajstić information content (AvgIpc) is 2.95. The maximum atomic E-state index is 12.9. The third kappa shape index (κ3) is 6.16. The van der Waals surface area contributed by atoms with Gasteiger partial charge >= 0.3 is 0 Å². The number of hydrogen-bond acceptors (Lipinski definition) is 4. The molecule has 7 heteroatoms. The van der Waals surface area contributed by atoms with Gasteiger partial charge in [0.2, 0.25) is 5.91 Å². The lowest BCUT2D eigenvalue weighted by Gasteiger charge is -2.11. The van der Waals surface area contributed by atoms with Gasteiger partial charge < -0.3 is 9.88 Å². The van der Waals surface area contributed by atoms with Crippen LogP contribution in [0.5, 0.6) is 0 Å². The highest BCUT2D eigenvalue weighted by molar-refractivity contribution is 7.98. The van der Waals surface area contributed by atoms with E-state index >= 15 is 0 Å². The highest BCUT2D eigenvalue weighted by atomic mass is 32.2. The van der Waals surface area contributed by atoms with Crippen molar-refractivity contribution in [1.82, 2.24) is 20.1 Å². The van der Waals surface area contributed by atoms with Crippen molar-refractivity contribution in [3.63, 3.8) is 0 Å². The first-order chi connectivity index (χ1) is 12.0. The zero-order chi connectivity index (χ0) is 18.2. The lowest BCUT2D eigenvalue weighted by molar-refractivity contribution is -0.120. The van der Waals surface area contributed by atoms with E-state index in [9.17, 15) is 9.18 Å². The van der Waals surface area contributed by atoms with E-state index in [1.807, 2.05) is 6.26 Å². The number of thioether (sulfide) groups is 1. The number of rotatable bonds is 9. The first-order valence-electron chi connectivity index (χ1n) is 8.46. The molecule has 136 valence electrons.